The Morgan fingerprint density at radius 3 is 2.79 bits per heavy atom. The second-order valence-electron chi connectivity index (χ2n) is 5.21. The van der Waals surface area contributed by atoms with E-state index in [1.807, 2.05) is 24.3 Å². The van der Waals surface area contributed by atoms with Gasteiger partial charge in [0.25, 0.3) is 11.2 Å². The van der Waals surface area contributed by atoms with Gasteiger partial charge in [-0.25, -0.2) is 9.97 Å². The van der Waals surface area contributed by atoms with E-state index >= 15 is 0 Å². The standard InChI is InChI=1S/C16H10N4O3S/c21-16-11-7-10(20(22)23)5-6-12(11)17-9-19(16)8-15-18-13-3-1-2-4-14(13)24-15/h1-7,9H,8H2. The van der Waals surface area contributed by atoms with E-state index < -0.39 is 4.92 Å². The minimum Gasteiger partial charge on any atom is -0.292 e. The van der Waals surface area contributed by atoms with Crippen molar-refractivity contribution < 1.29 is 4.92 Å². The third-order valence-electron chi connectivity index (χ3n) is 3.66. The highest BCUT2D eigenvalue weighted by Gasteiger charge is 2.12. The largest absolute Gasteiger partial charge is 0.292 e. The first-order chi connectivity index (χ1) is 11.6. The fourth-order valence-corrected chi connectivity index (χ4v) is 3.47. The van der Waals surface area contributed by atoms with Gasteiger partial charge in [0.15, 0.2) is 0 Å². The quantitative estimate of drug-likeness (QED) is 0.423. The molecule has 0 saturated heterocycles. The van der Waals surface area contributed by atoms with Crippen LogP contribution in [-0.2, 0) is 6.54 Å². The van der Waals surface area contributed by atoms with Gasteiger partial charge in [0.1, 0.15) is 5.01 Å². The summed E-state index contributed by atoms with van der Waals surface area (Å²) >= 11 is 1.51. The van der Waals surface area contributed by atoms with Crippen molar-refractivity contribution >= 4 is 38.1 Å². The van der Waals surface area contributed by atoms with Crippen molar-refractivity contribution in [2.45, 2.75) is 6.54 Å². The maximum absolute atomic E-state index is 12.6. The summed E-state index contributed by atoms with van der Waals surface area (Å²) in [7, 11) is 0. The van der Waals surface area contributed by atoms with Crippen molar-refractivity contribution in [2.24, 2.45) is 0 Å². The molecule has 0 amide bonds. The van der Waals surface area contributed by atoms with E-state index in [0.717, 1.165) is 15.2 Å². The summed E-state index contributed by atoms with van der Waals surface area (Å²) in [5, 5.41) is 11.9. The van der Waals surface area contributed by atoms with Gasteiger partial charge in [-0.15, -0.1) is 11.3 Å². The second-order valence-corrected chi connectivity index (χ2v) is 6.33. The number of nitro benzene ring substituents is 1. The van der Waals surface area contributed by atoms with Gasteiger partial charge < -0.3 is 0 Å². The number of rotatable bonds is 3. The first kappa shape index (κ1) is 14.5. The molecule has 2 aromatic carbocycles. The first-order valence-corrected chi connectivity index (χ1v) is 7.91. The van der Waals surface area contributed by atoms with Gasteiger partial charge in [-0.2, -0.15) is 0 Å². The molecule has 0 atom stereocenters. The van der Waals surface area contributed by atoms with Gasteiger partial charge in [0.2, 0.25) is 0 Å². The Balaban J connectivity index is 1.80. The third-order valence-corrected chi connectivity index (χ3v) is 4.68. The van der Waals surface area contributed by atoms with E-state index in [1.54, 1.807) is 0 Å². The van der Waals surface area contributed by atoms with Crippen LogP contribution in [0.3, 0.4) is 0 Å². The van der Waals surface area contributed by atoms with E-state index in [0.29, 0.717) is 5.52 Å². The summed E-state index contributed by atoms with van der Waals surface area (Å²) in [4.78, 5) is 31.7. The fraction of sp³-hybridized carbons (Fsp3) is 0.0625. The first-order valence-electron chi connectivity index (χ1n) is 7.10. The number of hydrogen-bond donors (Lipinski definition) is 0. The van der Waals surface area contributed by atoms with Crippen LogP contribution in [0.2, 0.25) is 0 Å². The van der Waals surface area contributed by atoms with Crippen LogP contribution in [0.15, 0.2) is 53.6 Å². The number of nitro groups is 1. The van der Waals surface area contributed by atoms with Crippen molar-refractivity contribution in [3.8, 4) is 0 Å². The smallest absolute Gasteiger partial charge is 0.270 e. The highest BCUT2D eigenvalue weighted by molar-refractivity contribution is 7.18. The highest BCUT2D eigenvalue weighted by Crippen LogP contribution is 2.22. The Bertz CT molecular complexity index is 1120. The summed E-state index contributed by atoms with van der Waals surface area (Å²) in [5.41, 5.74) is 0.878. The highest BCUT2D eigenvalue weighted by atomic mass is 32.1. The summed E-state index contributed by atoms with van der Waals surface area (Å²) in [5.74, 6) is 0. The Kier molecular flexibility index (Phi) is 3.31. The van der Waals surface area contributed by atoms with Crippen molar-refractivity contribution in [3.63, 3.8) is 0 Å². The second kappa shape index (κ2) is 5.50. The van der Waals surface area contributed by atoms with Crippen LogP contribution in [0, 0.1) is 10.1 Å². The number of hydrogen-bond acceptors (Lipinski definition) is 6. The van der Waals surface area contributed by atoms with Gasteiger partial charge in [-0.05, 0) is 18.2 Å². The molecule has 2 aromatic heterocycles. The van der Waals surface area contributed by atoms with Gasteiger partial charge >= 0.3 is 0 Å². The molecule has 8 heteroatoms. The topological polar surface area (TPSA) is 90.9 Å². The average Bonchev–Trinajstić information content (AvgIpc) is 2.99. The number of aromatic nitrogens is 3. The van der Waals surface area contributed by atoms with Crippen LogP contribution < -0.4 is 5.56 Å². The number of thiazole rings is 1. The van der Waals surface area contributed by atoms with Gasteiger partial charge in [-0.3, -0.25) is 19.5 Å². The number of benzene rings is 2. The van der Waals surface area contributed by atoms with E-state index in [1.165, 1.54) is 40.4 Å². The molecule has 4 aromatic rings. The molecule has 0 radical (unpaired) electrons. The lowest BCUT2D eigenvalue weighted by Crippen LogP contribution is -2.21. The van der Waals surface area contributed by atoms with Crippen molar-refractivity contribution in [3.05, 3.63) is 74.3 Å². The molecule has 0 bridgehead atoms. The SMILES string of the molecule is O=c1c2cc([N+](=O)[O-])ccc2ncn1Cc1nc2ccccc2s1. The summed E-state index contributed by atoms with van der Waals surface area (Å²) in [6.07, 6.45) is 1.45. The zero-order valence-corrected chi connectivity index (χ0v) is 13.1. The summed E-state index contributed by atoms with van der Waals surface area (Å²) in [6.45, 7) is 0.282. The normalized spacial score (nSPS) is 11.2. The lowest BCUT2D eigenvalue weighted by molar-refractivity contribution is -0.384. The van der Waals surface area contributed by atoms with Crippen LogP contribution in [-0.4, -0.2) is 19.5 Å². The molecule has 0 saturated carbocycles. The zero-order chi connectivity index (χ0) is 16.7. The Hall–Kier alpha value is -3.13. The molecule has 0 fully saturated rings. The van der Waals surface area contributed by atoms with Crippen molar-refractivity contribution in [2.75, 3.05) is 0 Å². The molecule has 2 heterocycles. The zero-order valence-electron chi connectivity index (χ0n) is 12.2. The monoisotopic (exact) mass is 338 g/mol. The molecule has 0 aliphatic heterocycles. The van der Waals surface area contributed by atoms with Crippen LogP contribution in [0.4, 0.5) is 5.69 Å². The molecule has 0 unspecified atom stereocenters. The molecule has 0 spiro atoms. The molecule has 0 aliphatic rings. The van der Waals surface area contributed by atoms with E-state index in [9.17, 15) is 14.9 Å². The molecular weight excluding hydrogens is 328 g/mol. The third kappa shape index (κ3) is 2.42. The lowest BCUT2D eigenvalue weighted by atomic mass is 10.2. The Morgan fingerprint density at radius 1 is 1.17 bits per heavy atom. The van der Waals surface area contributed by atoms with E-state index in [4.69, 9.17) is 0 Å². The number of para-hydroxylation sites is 1. The molecule has 4 rings (SSSR count). The van der Waals surface area contributed by atoms with Crippen molar-refractivity contribution in [1.29, 1.82) is 0 Å². The van der Waals surface area contributed by atoms with Crippen LogP contribution in [0.1, 0.15) is 5.01 Å². The molecule has 0 N–H and O–H groups in total. The van der Waals surface area contributed by atoms with Crippen LogP contribution >= 0.6 is 11.3 Å². The van der Waals surface area contributed by atoms with Gasteiger partial charge in [0, 0.05) is 12.1 Å². The molecular formula is C16H10N4O3S. The molecule has 7 nitrogen and oxygen atoms in total. The summed E-state index contributed by atoms with van der Waals surface area (Å²) < 4.78 is 2.47. The predicted octanol–water partition coefficient (Wildman–Crippen LogP) is 2.96. The van der Waals surface area contributed by atoms with Crippen molar-refractivity contribution in [1.82, 2.24) is 14.5 Å². The molecule has 24 heavy (non-hydrogen) atoms. The minimum absolute atomic E-state index is 0.126. The average molecular weight is 338 g/mol. The van der Waals surface area contributed by atoms with Gasteiger partial charge in [0.05, 0.1) is 38.9 Å². The molecule has 0 aliphatic carbocycles. The van der Waals surface area contributed by atoms with Crippen LogP contribution in [0.5, 0.6) is 0 Å². The fourth-order valence-electron chi connectivity index (χ4n) is 2.51. The molecule has 118 valence electrons. The van der Waals surface area contributed by atoms with Crippen LogP contribution in [0.25, 0.3) is 21.1 Å². The maximum atomic E-state index is 12.6. The Labute approximate surface area is 139 Å². The number of fused-ring (bicyclic) bond motifs is 2. The van der Waals surface area contributed by atoms with E-state index in [-0.39, 0.29) is 23.2 Å². The number of non-ortho nitro benzene ring substituents is 1. The predicted molar refractivity (Wildman–Crippen MR) is 91.4 cm³/mol. The van der Waals surface area contributed by atoms with E-state index in [2.05, 4.69) is 9.97 Å². The summed E-state index contributed by atoms with van der Waals surface area (Å²) in [6, 6.07) is 11.8. The van der Waals surface area contributed by atoms with Gasteiger partial charge in [-0.1, -0.05) is 12.1 Å². The Morgan fingerprint density at radius 2 is 2.00 bits per heavy atom. The number of nitrogens with zero attached hydrogens (tertiary/aromatic N) is 4. The minimum atomic E-state index is -0.524. The lowest BCUT2D eigenvalue weighted by Gasteiger charge is -2.04. The maximum Gasteiger partial charge on any atom is 0.270 e.